The number of anilines is 1. The van der Waals surface area contributed by atoms with Gasteiger partial charge >= 0.3 is 0 Å². The summed E-state index contributed by atoms with van der Waals surface area (Å²) in [5, 5.41) is 14.7. The van der Waals surface area contributed by atoms with E-state index in [1.165, 1.54) is 24.3 Å². The highest BCUT2D eigenvalue weighted by Crippen LogP contribution is 2.23. The molecule has 0 aliphatic carbocycles. The van der Waals surface area contributed by atoms with Crippen molar-refractivity contribution in [2.45, 2.75) is 6.61 Å². The third kappa shape index (κ3) is 5.46. The topological polar surface area (TPSA) is 89.7 Å². The number of nitrogens with one attached hydrogen (secondary N) is 1. The molecule has 3 aromatic rings. The summed E-state index contributed by atoms with van der Waals surface area (Å²) < 4.78 is 19.6. The Kier molecular flexibility index (Phi) is 6.48. The van der Waals surface area contributed by atoms with Crippen LogP contribution in [0.25, 0.3) is 0 Å². The number of pyridine rings is 1. The molecule has 28 heavy (non-hydrogen) atoms. The zero-order chi connectivity index (χ0) is 19.9. The second kappa shape index (κ2) is 9.22. The van der Waals surface area contributed by atoms with Gasteiger partial charge in [0, 0.05) is 6.07 Å². The molecule has 2 aromatic carbocycles. The first-order valence-electron chi connectivity index (χ1n) is 8.07. The van der Waals surface area contributed by atoms with Crippen LogP contribution in [0.15, 0.2) is 65.9 Å². The molecule has 0 fully saturated rings. The van der Waals surface area contributed by atoms with Crippen LogP contribution in [0, 0.1) is 19.5 Å². The number of nitro groups is 1. The van der Waals surface area contributed by atoms with Gasteiger partial charge in [0.25, 0.3) is 5.69 Å². The summed E-state index contributed by atoms with van der Waals surface area (Å²) in [4.78, 5) is 14.0. The van der Waals surface area contributed by atoms with Gasteiger partial charge in [-0.25, -0.2) is 9.37 Å². The maximum Gasteiger partial charge on any atom is 0.287 e. The van der Waals surface area contributed by atoms with Crippen LogP contribution in [0.1, 0.15) is 11.1 Å². The molecule has 0 amide bonds. The molecule has 1 aromatic heterocycles. The molecule has 7 nitrogen and oxygen atoms in total. The van der Waals surface area contributed by atoms with E-state index in [1.54, 1.807) is 18.3 Å². The molecule has 3 rings (SSSR count). The summed E-state index contributed by atoms with van der Waals surface area (Å²) >= 11 is 2.16. The summed E-state index contributed by atoms with van der Waals surface area (Å²) in [7, 11) is 0. The Balaban J connectivity index is 1.57. The van der Waals surface area contributed by atoms with E-state index in [9.17, 15) is 14.5 Å². The fourth-order valence-corrected chi connectivity index (χ4v) is 2.88. The van der Waals surface area contributed by atoms with Crippen molar-refractivity contribution in [2.75, 3.05) is 5.43 Å². The average molecular weight is 492 g/mol. The average Bonchev–Trinajstić information content (AvgIpc) is 2.69. The number of rotatable bonds is 7. The van der Waals surface area contributed by atoms with Gasteiger partial charge in [0.2, 0.25) is 0 Å². The predicted octanol–water partition coefficient (Wildman–Crippen LogP) is 4.76. The van der Waals surface area contributed by atoms with Gasteiger partial charge in [-0.3, -0.25) is 15.5 Å². The van der Waals surface area contributed by atoms with Crippen molar-refractivity contribution in [3.8, 4) is 5.75 Å². The Morgan fingerprint density at radius 2 is 2.00 bits per heavy atom. The Hall–Kier alpha value is -3.08. The van der Waals surface area contributed by atoms with Gasteiger partial charge in [-0.1, -0.05) is 12.1 Å². The minimum absolute atomic E-state index is 0.0830. The summed E-state index contributed by atoms with van der Waals surface area (Å²) in [5.74, 6) is 0.836. The molecule has 9 heteroatoms. The maximum atomic E-state index is 12.9. The van der Waals surface area contributed by atoms with E-state index < -0.39 is 4.92 Å². The number of hydrogen-bond acceptors (Lipinski definition) is 6. The van der Waals surface area contributed by atoms with Gasteiger partial charge in [0.15, 0.2) is 0 Å². The summed E-state index contributed by atoms with van der Waals surface area (Å²) in [6, 6.07) is 14.6. The quantitative estimate of drug-likeness (QED) is 0.223. The van der Waals surface area contributed by atoms with E-state index in [4.69, 9.17) is 4.74 Å². The van der Waals surface area contributed by atoms with E-state index in [0.717, 1.165) is 20.9 Å². The number of hydrazone groups is 1. The highest BCUT2D eigenvalue weighted by atomic mass is 127. The Morgan fingerprint density at radius 3 is 2.64 bits per heavy atom. The second-order valence-electron chi connectivity index (χ2n) is 5.63. The molecule has 142 valence electrons. The molecule has 0 bridgehead atoms. The lowest BCUT2D eigenvalue weighted by Gasteiger charge is -2.09. The number of nitrogens with zero attached hydrogens (tertiary/aromatic N) is 3. The molecular weight excluding hydrogens is 478 g/mol. The number of aromatic nitrogens is 1. The molecule has 1 heterocycles. The molecular formula is C19H14FIN4O3. The first-order chi connectivity index (χ1) is 13.5. The van der Waals surface area contributed by atoms with Gasteiger partial charge < -0.3 is 4.74 Å². The lowest BCUT2D eigenvalue weighted by molar-refractivity contribution is -0.385. The Labute approximate surface area is 173 Å². The van der Waals surface area contributed by atoms with Crippen LogP contribution in [-0.4, -0.2) is 16.1 Å². The number of ether oxygens (including phenoxy) is 1. The van der Waals surface area contributed by atoms with Crippen molar-refractivity contribution in [1.29, 1.82) is 0 Å². The van der Waals surface area contributed by atoms with E-state index in [-0.39, 0.29) is 11.5 Å². The smallest absolute Gasteiger partial charge is 0.287 e. The first-order valence-corrected chi connectivity index (χ1v) is 9.15. The monoisotopic (exact) mass is 492 g/mol. The van der Waals surface area contributed by atoms with Crippen molar-refractivity contribution >= 4 is 40.3 Å². The van der Waals surface area contributed by atoms with Crippen molar-refractivity contribution < 1.29 is 14.1 Å². The largest absolute Gasteiger partial charge is 0.488 e. The molecule has 1 N–H and O–H groups in total. The number of hydrogen-bond donors (Lipinski definition) is 1. The molecule has 0 aliphatic heterocycles. The number of benzene rings is 2. The molecule has 0 unspecified atom stereocenters. The zero-order valence-corrected chi connectivity index (χ0v) is 16.5. The lowest BCUT2D eigenvalue weighted by atomic mass is 10.2. The van der Waals surface area contributed by atoms with Crippen LogP contribution in [0.4, 0.5) is 15.9 Å². The molecule has 0 saturated heterocycles. The van der Waals surface area contributed by atoms with Gasteiger partial charge in [-0.15, -0.1) is 0 Å². The molecule has 0 spiro atoms. The molecule has 0 aliphatic rings. The predicted molar refractivity (Wildman–Crippen MR) is 112 cm³/mol. The van der Waals surface area contributed by atoms with E-state index >= 15 is 0 Å². The second-order valence-corrected chi connectivity index (χ2v) is 6.80. The number of halogens is 2. The van der Waals surface area contributed by atoms with E-state index in [2.05, 4.69) is 38.1 Å². The Bertz CT molecular complexity index is 995. The zero-order valence-electron chi connectivity index (χ0n) is 14.4. The highest BCUT2D eigenvalue weighted by molar-refractivity contribution is 14.1. The minimum Gasteiger partial charge on any atom is -0.488 e. The van der Waals surface area contributed by atoms with Gasteiger partial charge in [0.1, 0.15) is 30.2 Å². The van der Waals surface area contributed by atoms with E-state index in [1.807, 2.05) is 18.2 Å². The fourth-order valence-electron chi connectivity index (χ4n) is 2.19. The van der Waals surface area contributed by atoms with Crippen LogP contribution >= 0.6 is 22.6 Å². The van der Waals surface area contributed by atoms with Crippen molar-refractivity contribution in [3.63, 3.8) is 0 Å². The van der Waals surface area contributed by atoms with Gasteiger partial charge in [-0.05, 0) is 70.1 Å². The molecule has 0 saturated carbocycles. The fraction of sp³-hybridized carbons (Fsp3) is 0.0526. The van der Waals surface area contributed by atoms with Gasteiger partial charge in [0.05, 0.1) is 14.7 Å². The van der Waals surface area contributed by atoms with Crippen molar-refractivity contribution in [3.05, 3.63) is 91.4 Å². The summed E-state index contributed by atoms with van der Waals surface area (Å²) in [6.07, 6.45) is 2.77. The maximum absolute atomic E-state index is 12.9. The minimum atomic E-state index is -0.512. The Morgan fingerprint density at radius 1 is 1.21 bits per heavy atom. The van der Waals surface area contributed by atoms with Crippen LogP contribution < -0.4 is 10.2 Å². The van der Waals surface area contributed by atoms with Crippen LogP contribution in [0.2, 0.25) is 0 Å². The summed E-state index contributed by atoms with van der Waals surface area (Å²) in [5.41, 5.74) is 4.35. The van der Waals surface area contributed by atoms with Crippen LogP contribution in [0.3, 0.4) is 0 Å². The SMILES string of the molecule is O=[N+]([O-])c1ccc(N/N=C/c2ccc(OCc3ccc(F)cc3)c(I)c2)nc1. The van der Waals surface area contributed by atoms with Crippen LogP contribution in [-0.2, 0) is 6.61 Å². The van der Waals surface area contributed by atoms with Gasteiger partial charge in [-0.2, -0.15) is 5.10 Å². The summed E-state index contributed by atoms with van der Waals surface area (Å²) in [6.45, 7) is 0.344. The molecule has 0 atom stereocenters. The lowest BCUT2D eigenvalue weighted by Crippen LogP contribution is -1.98. The van der Waals surface area contributed by atoms with E-state index in [0.29, 0.717) is 18.2 Å². The van der Waals surface area contributed by atoms with Crippen molar-refractivity contribution in [2.24, 2.45) is 5.10 Å². The third-order valence-corrected chi connectivity index (χ3v) is 4.46. The van der Waals surface area contributed by atoms with Crippen LogP contribution in [0.5, 0.6) is 5.75 Å². The molecule has 0 radical (unpaired) electrons. The standard InChI is InChI=1S/C19H14FIN4O3/c20-15-4-1-13(2-5-15)12-28-18-7-3-14(9-17(18)21)10-23-24-19-8-6-16(11-22-19)25(26)27/h1-11H,12H2,(H,22,24)/b23-10+. The third-order valence-electron chi connectivity index (χ3n) is 3.61. The van der Waals surface area contributed by atoms with Crippen molar-refractivity contribution in [1.82, 2.24) is 4.98 Å². The highest BCUT2D eigenvalue weighted by Gasteiger charge is 2.05. The first kappa shape index (κ1) is 19.7. The normalized spacial score (nSPS) is 10.8.